The molecule has 21 heavy (non-hydrogen) atoms. The lowest BCUT2D eigenvalue weighted by Gasteiger charge is -2.05. The van der Waals surface area contributed by atoms with Crippen molar-refractivity contribution in [3.63, 3.8) is 0 Å². The van der Waals surface area contributed by atoms with E-state index in [1.54, 1.807) is 6.92 Å². The van der Waals surface area contributed by atoms with Crippen LogP contribution in [0.25, 0.3) is 0 Å². The van der Waals surface area contributed by atoms with Gasteiger partial charge >= 0.3 is 5.97 Å². The van der Waals surface area contributed by atoms with Crippen molar-refractivity contribution in [3.8, 4) is 0 Å². The number of amides is 1. The van der Waals surface area contributed by atoms with Crippen LogP contribution >= 0.6 is 0 Å². The Kier molecular flexibility index (Phi) is 5.09. The lowest BCUT2D eigenvalue weighted by Crippen LogP contribution is -2.27. The molecule has 0 spiro atoms. The molecular formula is C15H17N3O3. The second-order valence-corrected chi connectivity index (χ2v) is 4.41. The third-order valence-electron chi connectivity index (χ3n) is 2.78. The highest BCUT2D eigenvalue weighted by Crippen LogP contribution is 2.01. The normalized spacial score (nSPS) is 10.1. The highest BCUT2D eigenvalue weighted by molar-refractivity contribution is 5.88. The maximum absolute atomic E-state index is 11.8. The standard InChI is InChI=1S/C15H17N3O3/c1-2-21-15(20)13-9-17-18(10-13)11-14(19)16-8-12-6-4-3-5-7-12/h3-7,9-10H,2,8,11H2,1H3,(H,16,19). The maximum Gasteiger partial charge on any atom is 0.341 e. The van der Waals surface area contributed by atoms with E-state index in [1.165, 1.54) is 17.1 Å². The van der Waals surface area contributed by atoms with E-state index in [-0.39, 0.29) is 12.5 Å². The average molecular weight is 287 g/mol. The first-order valence-electron chi connectivity index (χ1n) is 6.69. The van der Waals surface area contributed by atoms with Crippen LogP contribution in [0.15, 0.2) is 42.7 Å². The van der Waals surface area contributed by atoms with Gasteiger partial charge in [0.15, 0.2) is 0 Å². The van der Waals surface area contributed by atoms with E-state index in [1.807, 2.05) is 30.3 Å². The molecule has 1 N–H and O–H groups in total. The summed E-state index contributed by atoms with van der Waals surface area (Å²) in [5.41, 5.74) is 1.37. The maximum atomic E-state index is 11.8. The van der Waals surface area contributed by atoms with E-state index in [2.05, 4.69) is 10.4 Å². The highest BCUT2D eigenvalue weighted by atomic mass is 16.5. The summed E-state index contributed by atoms with van der Waals surface area (Å²) in [7, 11) is 0. The van der Waals surface area contributed by atoms with Crippen molar-refractivity contribution in [1.82, 2.24) is 15.1 Å². The highest BCUT2D eigenvalue weighted by Gasteiger charge is 2.10. The molecule has 0 aliphatic carbocycles. The molecule has 0 unspecified atom stereocenters. The van der Waals surface area contributed by atoms with E-state index >= 15 is 0 Å². The molecule has 0 aliphatic heterocycles. The van der Waals surface area contributed by atoms with Gasteiger partial charge in [-0.15, -0.1) is 0 Å². The molecule has 6 nitrogen and oxygen atoms in total. The van der Waals surface area contributed by atoms with E-state index < -0.39 is 5.97 Å². The molecule has 0 fully saturated rings. The topological polar surface area (TPSA) is 73.2 Å². The average Bonchev–Trinajstić information content (AvgIpc) is 2.95. The fourth-order valence-electron chi connectivity index (χ4n) is 1.77. The molecule has 1 amide bonds. The Morgan fingerprint density at radius 1 is 1.29 bits per heavy atom. The summed E-state index contributed by atoms with van der Waals surface area (Å²) in [5.74, 6) is -0.606. The number of benzene rings is 1. The van der Waals surface area contributed by atoms with Crippen molar-refractivity contribution in [1.29, 1.82) is 0 Å². The van der Waals surface area contributed by atoms with Gasteiger partial charge in [-0.1, -0.05) is 30.3 Å². The molecule has 1 aromatic carbocycles. The summed E-state index contributed by atoms with van der Waals surface area (Å²) >= 11 is 0. The van der Waals surface area contributed by atoms with Crippen molar-refractivity contribution in [2.75, 3.05) is 6.61 Å². The Balaban J connectivity index is 1.84. The van der Waals surface area contributed by atoms with Gasteiger partial charge in [0, 0.05) is 12.7 Å². The van der Waals surface area contributed by atoms with Gasteiger partial charge in [-0.05, 0) is 12.5 Å². The van der Waals surface area contributed by atoms with E-state index in [9.17, 15) is 9.59 Å². The molecule has 1 heterocycles. The van der Waals surface area contributed by atoms with Crippen LogP contribution in [0.4, 0.5) is 0 Å². The fourth-order valence-corrected chi connectivity index (χ4v) is 1.77. The van der Waals surface area contributed by atoms with Crippen LogP contribution in [0, 0.1) is 0 Å². The number of hydrogen-bond acceptors (Lipinski definition) is 4. The molecule has 2 rings (SSSR count). The molecule has 0 atom stereocenters. The minimum Gasteiger partial charge on any atom is -0.462 e. The van der Waals surface area contributed by atoms with Gasteiger partial charge in [-0.2, -0.15) is 5.10 Å². The van der Waals surface area contributed by atoms with Crippen molar-refractivity contribution in [2.45, 2.75) is 20.0 Å². The Bertz CT molecular complexity index is 608. The number of nitrogens with one attached hydrogen (secondary N) is 1. The lowest BCUT2D eigenvalue weighted by molar-refractivity contribution is -0.122. The van der Waals surface area contributed by atoms with Gasteiger partial charge in [0.2, 0.25) is 5.91 Å². The lowest BCUT2D eigenvalue weighted by atomic mass is 10.2. The van der Waals surface area contributed by atoms with Gasteiger partial charge < -0.3 is 10.1 Å². The largest absolute Gasteiger partial charge is 0.462 e. The van der Waals surface area contributed by atoms with Gasteiger partial charge in [0.25, 0.3) is 0 Å². The van der Waals surface area contributed by atoms with Crippen LogP contribution < -0.4 is 5.32 Å². The number of esters is 1. The molecule has 110 valence electrons. The third kappa shape index (κ3) is 4.45. The Morgan fingerprint density at radius 2 is 2.05 bits per heavy atom. The molecule has 0 saturated carbocycles. The van der Waals surface area contributed by atoms with Crippen molar-refractivity contribution < 1.29 is 14.3 Å². The summed E-state index contributed by atoms with van der Waals surface area (Å²) in [6.07, 6.45) is 2.89. The van der Waals surface area contributed by atoms with Crippen molar-refractivity contribution >= 4 is 11.9 Å². The quantitative estimate of drug-likeness (QED) is 0.815. The van der Waals surface area contributed by atoms with E-state index in [0.29, 0.717) is 18.7 Å². The number of ether oxygens (including phenoxy) is 1. The second kappa shape index (κ2) is 7.23. The van der Waals surface area contributed by atoms with Crippen LogP contribution in [-0.4, -0.2) is 28.3 Å². The molecule has 2 aromatic rings. The summed E-state index contributed by atoms with van der Waals surface area (Å²) in [6, 6.07) is 9.63. The zero-order valence-electron chi connectivity index (χ0n) is 11.8. The molecular weight excluding hydrogens is 270 g/mol. The van der Waals surface area contributed by atoms with Gasteiger partial charge in [-0.3, -0.25) is 9.48 Å². The van der Waals surface area contributed by atoms with Crippen LogP contribution in [0.1, 0.15) is 22.8 Å². The zero-order chi connectivity index (χ0) is 15.1. The molecule has 6 heteroatoms. The van der Waals surface area contributed by atoms with Crippen molar-refractivity contribution in [3.05, 3.63) is 53.9 Å². The van der Waals surface area contributed by atoms with Crippen LogP contribution in [0.5, 0.6) is 0 Å². The summed E-state index contributed by atoms with van der Waals surface area (Å²) in [6.45, 7) is 2.57. The Hall–Kier alpha value is -2.63. The first kappa shape index (κ1) is 14.8. The smallest absolute Gasteiger partial charge is 0.341 e. The number of carbonyl (C=O) groups is 2. The molecule has 1 aromatic heterocycles. The first-order chi connectivity index (χ1) is 10.2. The van der Waals surface area contributed by atoms with Gasteiger partial charge in [0.1, 0.15) is 6.54 Å². The number of rotatable bonds is 6. The van der Waals surface area contributed by atoms with Crippen LogP contribution in [0.3, 0.4) is 0 Å². The summed E-state index contributed by atoms with van der Waals surface area (Å²) in [5, 5.41) is 6.76. The minimum atomic E-state index is -0.437. The molecule has 0 bridgehead atoms. The summed E-state index contributed by atoms with van der Waals surface area (Å²) < 4.78 is 6.27. The first-order valence-corrected chi connectivity index (χ1v) is 6.69. The second-order valence-electron chi connectivity index (χ2n) is 4.41. The number of hydrogen-bond donors (Lipinski definition) is 1. The molecule has 0 radical (unpaired) electrons. The SMILES string of the molecule is CCOC(=O)c1cnn(CC(=O)NCc2ccccc2)c1. The van der Waals surface area contributed by atoms with Gasteiger partial charge in [0.05, 0.1) is 18.4 Å². The Morgan fingerprint density at radius 3 is 2.76 bits per heavy atom. The van der Waals surface area contributed by atoms with Crippen LogP contribution in [-0.2, 0) is 22.6 Å². The van der Waals surface area contributed by atoms with Crippen molar-refractivity contribution in [2.24, 2.45) is 0 Å². The number of carbonyl (C=O) groups excluding carboxylic acids is 2. The summed E-state index contributed by atoms with van der Waals surface area (Å²) in [4.78, 5) is 23.3. The predicted molar refractivity (Wildman–Crippen MR) is 76.5 cm³/mol. The molecule has 0 aliphatic rings. The molecule has 0 saturated heterocycles. The minimum absolute atomic E-state index is 0.0617. The zero-order valence-corrected chi connectivity index (χ0v) is 11.8. The van der Waals surface area contributed by atoms with Gasteiger partial charge in [-0.25, -0.2) is 4.79 Å². The number of aromatic nitrogens is 2. The fraction of sp³-hybridized carbons (Fsp3) is 0.267. The van der Waals surface area contributed by atoms with E-state index in [4.69, 9.17) is 4.74 Å². The Labute approximate surface area is 122 Å². The van der Waals surface area contributed by atoms with Crippen LogP contribution in [0.2, 0.25) is 0 Å². The number of nitrogens with zero attached hydrogens (tertiary/aromatic N) is 2. The van der Waals surface area contributed by atoms with E-state index in [0.717, 1.165) is 5.56 Å². The monoisotopic (exact) mass is 287 g/mol. The third-order valence-corrected chi connectivity index (χ3v) is 2.78. The predicted octanol–water partition coefficient (Wildman–Crippen LogP) is 1.38.